The second-order valence-corrected chi connectivity index (χ2v) is 5.48. The van der Waals surface area contributed by atoms with Crippen molar-refractivity contribution < 1.29 is 23.0 Å². The molecule has 118 valence electrons. The maximum Gasteiger partial charge on any atom is 0.414 e. The second kappa shape index (κ2) is 6.23. The Labute approximate surface area is 122 Å². The van der Waals surface area contributed by atoms with Crippen LogP contribution < -0.4 is 4.74 Å². The molecule has 1 N–H and O–H groups in total. The van der Waals surface area contributed by atoms with Gasteiger partial charge in [-0.15, -0.1) is 0 Å². The van der Waals surface area contributed by atoms with Crippen LogP contribution >= 0.6 is 0 Å². The molecule has 0 saturated carbocycles. The van der Waals surface area contributed by atoms with Gasteiger partial charge in [-0.3, -0.25) is 4.90 Å². The summed E-state index contributed by atoms with van der Waals surface area (Å²) in [7, 11) is 1.59. The standard InChI is InChI=1S/C15H20F3NO2/c1-10(11-3-5-13(21-2)6-4-11)19-8-7-12(9-19)14(20)15(16,17)18/h3-6,10,12,14,20H,7-9H2,1-2H3/t10-,12-,14+/m1/s1. The fourth-order valence-corrected chi connectivity index (χ4v) is 2.79. The highest BCUT2D eigenvalue weighted by molar-refractivity contribution is 5.29. The average Bonchev–Trinajstić information content (AvgIpc) is 2.94. The van der Waals surface area contributed by atoms with Crippen LogP contribution in [-0.4, -0.2) is 42.5 Å². The van der Waals surface area contributed by atoms with Crippen molar-refractivity contribution in [2.24, 2.45) is 5.92 Å². The Hall–Kier alpha value is -1.27. The molecule has 0 bridgehead atoms. The first-order valence-corrected chi connectivity index (χ1v) is 6.95. The van der Waals surface area contributed by atoms with Crippen LogP contribution in [0.4, 0.5) is 13.2 Å². The molecular formula is C15H20F3NO2. The predicted octanol–water partition coefficient (Wildman–Crippen LogP) is 3.00. The Morgan fingerprint density at radius 2 is 1.90 bits per heavy atom. The van der Waals surface area contributed by atoms with E-state index in [0.29, 0.717) is 13.0 Å². The SMILES string of the molecule is COc1ccc([C@@H](C)N2CC[C@@H]([C@H](O)C(F)(F)F)C2)cc1. The zero-order valence-electron chi connectivity index (χ0n) is 12.1. The van der Waals surface area contributed by atoms with E-state index in [1.165, 1.54) is 0 Å². The largest absolute Gasteiger partial charge is 0.497 e. The highest BCUT2D eigenvalue weighted by Crippen LogP contribution is 2.34. The lowest BCUT2D eigenvalue weighted by atomic mass is 10.0. The zero-order valence-corrected chi connectivity index (χ0v) is 12.1. The molecule has 21 heavy (non-hydrogen) atoms. The number of halogens is 3. The van der Waals surface area contributed by atoms with Crippen LogP contribution in [0, 0.1) is 5.92 Å². The maximum absolute atomic E-state index is 12.6. The van der Waals surface area contributed by atoms with Crippen molar-refractivity contribution in [3.63, 3.8) is 0 Å². The van der Waals surface area contributed by atoms with Gasteiger partial charge in [-0.2, -0.15) is 13.2 Å². The molecule has 0 amide bonds. The lowest BCUT2D eigenvalue weighted by molar-refractivity contribution is -0.218. The van der Waals surface area contributed by atoms with Gasteiger partial charge in [0.25, 0.3) is 0 Å². The fourth-order valence-electron chi connectivity index (χ4n) is 2.79. The number of hydrogen-bond donors (Lipinski definition) is 1. The van der Waals surface area contributed by atoms with Crippen molar-refractivity contribution in [1.82, 2.24) is 4.90 Å². The Bertz CT molecular complexity index is 461. The number of methoxy groups -OCH3 is 1. The molecule has 1 aliphatic rings. The first kappa shape index (κ1) is 16.1. The van der Waals surface area contributed by atoms with Crippen molar-refractivity contribution in [2.45, 2.75) is 31.7 Å². The van der Waals surface area contributed by atoms with Crippen molar-refractivity contribution in [2.75, 3.05) is 20.2 Å². The van der Waals surface area contributed by atoms with E-state index in [1.807, 2.05) is 36.1 Å². The van der Waals surface area contributed by atoms with Crippen molar-refractivity contribution >= 4 is 0 Å². The highest BCUT2D eigenvalue weighted by Gasteiger charge is 2.46. The molecule has 0 aliphatic carbocycles. The van der Waals surface area contributed by atoms with E-state index in [2.05, 4.69) is 0 Å². The molecule has 1 aliphatic heterocycles. The highest BCUT2D eigenvalue weighted by atomic mass is 19.4. The molecule has 6 heteroatoms. The van der Waals surface area contributed by atoms with Crippen LogP contribution in [0.3, 0.4) is 0 Å². The van der Waals surface area contributed by atoms with E-state index in [0.717, 1.165) is 11.3 Å². The van der Waals surface area contributed by atoms with E-state index in [1.54, 1.807) is 7.11 Å². The van der Waals surface area contributed by atoms with Crippen LogP contribution in [0.1, 0.15) is 24.9 Å². The third kappa shape index (κ3) is 3.68. The second-order valence-electron chi connectivity index (χ2n) is 5.48. The summed E-state index contributed by atoms with van der Waals surface area (Å²) in [5, 5.41) is 9.36. The number of aliphatic hydroxyl groups is 1. The Balaban J connectivity index is 2.00. The summed E-state index contributed by atoms with van der Waals surface area (Å²) in [5.41, 5.74) is 1.03. The van der Waals surface area contributed by atoms with Crippen LogP contribution in [0.2, 0.25) is 0 Å². The zero-order chi connectivity index (χ0) is 15.6. The van der Waals surface area contributed by atoms with E-state index >= 15 is 0 Å². The number of benzene rings is 1. The molecular weight excluding hydrogens is 283 g/mol. The first-order chi connectivity index (χ1) is 9.82. The number of alkyl halides is 3. The Morgan fingerprint density at radius 3 is 2.43 bits per heavy atom. The molecule has 3 atom stereocenters. The van der Waals surface area contributed by atoms with Crippen LogP contribution in [0.25, 0.3) is 0 Å². The topological polar surface area (TPSA) is 32.7 Å². The first-order valence-electron chi connectivity index (χ1n) is 6.95. The summed E-state index contributed by atoms with van der Waals surface area (Å²) in [6, 6.07) is 7.52. The van der Waals surface area contributed by atoms with Gasteiger partial charge in [0.15, 0.2) is 6.10 Å². The molecule has 2 rings (SSSR count). The van der Waals surface area contributed by atoms with Crippen molar-refractivity contribution in [3.05, 3.63) is 29.8 Å². The maximum atomic E-state index is 12.6. The quantitative estimate of drug-likeness (QED) is 0.928. The average molecular weight is 303 g/mol. The summed E-state index contributed by atoms with van der Waals surface area (Å²) in [4.78, 5) is 1.97. The lowest BCUT2D eigenvalue weighted by Crippen LogP contribution is -2.37. The summed E-state index contributed by atoms with van der Waals surface area (Å²) >= 11 is 0. The van der Waals surface area contributed by atoms with Gasteiger partial charge in [0, 0.05) is 18.5 Å². The molecule has 0 aromatic heterocycles. The molecule has 3 nitrogen and oxygen atoms in total. The monoisotopic (exact) mass is 303 g/mol. The van der Waals surface area contributed by atoms with Crippen molar-refractivity contribution in [1.29, 1.82) is 0 Å². The van der Waals surface area contributed by atoms with Gasteiger partial charge >= 0.3 is 6.18 Å². The number of likely N-dealkylation sites (tertiary alicyclic amines) is 1. The van der Waals surface area contributed by atoms with E-state index in [4.69, 9.17) is 4.74 Å². The van der Waals surface area contributed by atoms with Crippen molar-refractivity contribution in [3.8, 4) is 5.75 Å². The molecule has 0 unspecified atom stereocenters. The number of hydrogen-bond acceptors (Lipinski definition) is 3. The van der Waals surface area contributed by atoms with Gasteiger partial charge in [0.05, 0.1) is 7.11 Å². The summed E-state index contributed by atoms with van der Waals surface area (Å²) in [6.07, 6.45) is -6.41. The number of rotatable bonds is 4. The summed E-state index contributed by atoms with van der Waals surface area (Å²) in [6.45, 7) is 2.78. The van der Waals surface area contributed by atoms with Gasteiger partial charge in [-0.25, -0.2) is 0 Å². The van der Waals surface area contributed by atoms with Crippen LogP contribution in [0.15, 0.2) is 24.3 Å². The minimum absolute atomic E-state index is 0.0151. The Morgan fingerprint density at radius 1 is 1.29 bits per heavy atom. The molecule has 0 spiro atoms. The molecule has 0 radical (unpaired) electrons. The molecule has 1 saturated heterocycles. The third-order valence-corrected chi connectivity index (χ3v) is 4.18. The third-order valence-electron chi connectivity index (χ3n) is 4.18. The lowest BCUT2D eigenvalue weighted by Gasteiger charge is -2.26. The smallest absolute Gasteiger partial charge is 0.414 e. The number of nitrogens with zero attached hydrogens (tertiary/aromatic N) is 1. The van der Waals surface area contributed by atoms with Crippen LogP contribution in [-0.2, 0) is 0 Å². The normalized spacial score (nSPS) is 23.0. The van der Waals surface area contributed by atoms with Gasteiger partial charge in [0.1, 0.15) is 5.75 Å². The van der Waals surface area contributed by atoms with E-state index in [9.17, 15) is 18.3 Å². The summed E-state index contributed by atoms with van der Waals surface area (Å²) < 4.78 is 42.7. The molecule has 1 heterocycles. The van der Waals surface area contributed by atoms with Crippen LogP contribution in [0.5, 0.6) is 5.75 Å². The Kier molecular flexibility index (Phi) is 4.78. The molecule has 1 fully saturated rings. The van der Waals surface area contributed by atoms with E-state index in [-0.39, 0.29) is 12.6 Å². The van der Waals surface area contributed by atoms with Gasteiger partial charge in [-0.05, 0) is 37.6 Å². The van der Waals surface area contributed by atoms with E-state index < -0.39 is 18.2 Å². The fraction of sp³-hybridized carbons (Fsp3) is 0.600. The summed E-state index contributed by atoms with van der Waals surface area (Å²) in [5.74, 6) is 0.00319. The van der Waals surface area contributed by atoms with Gasteiger partial charge in [-0.1, -0.05) is 12.1 Å². The number of aliphatic hydroxyl groups excluding tert-OH is 1. The molecule has 1 aromatic rings. The number of ether oxygens (including phenoxy) is 1. The van der Waals surface area contributed by atoms with Gasteiger partial charge < -0.3 is 9.84 Å². The molecule has 1 aromatic carbocycles. The minimum Gasteiger partial charge on any atom is -0.497 e. The predicted molar refractivity (Wildman–Crippen MR) is 73.2 cm³/mol. The van der Waals surface area contributed by atoms with Gasteiger partial charge in [0.2, 0.25) is 0 Å². The minimum atomic E-state index is -4.54.